The van der Waals surface area contributed by atoms with E-state index in [1.807, 2.05) is 0 Å². The van der Waals surface area contributed by atoms with Gasteiger partial charge in [0, 0.05) is 13.1 Å². The molecule has 2 aromatic rings. The number of pyridine rings is 1. The predicted octanol–water partition coefficient (Wildman–Crippen LogP) is 4.31. The second-order valence-corrected chi connectivity index (χ2v) is 7.49. The molecule has 8 nitrogen and oxygen atoms in total. The van der Waals surface area contributed by atoms with E-state index in [2.05, 4.69) is 25.2 Å². The number of benzene rings is 1. The van der Waals surface area contributed by atoms with E-state index >= 15 is 0 Å². The fourth-order valence-electron chi connectivity index (χ4n) is 3.42. The molecule has 36 heavy (non-hydrogen) atoms. The zero-order valence-electron chi connectivity index (χ0n) is 18.2. The number of carbonyl (C=O) groups excluding carboxylic acids is 2. The van der Waals surface area contributed by atoms with Crippen molar-refractivity contribution in [3.05, 3.63) is 64.5 Å². The minimum Gasteiger partial charge on any atom is -0.403 e. The highest BCUT2D eigenvalue weighted by Crippen LogP contribution is 2.37. The van der Waals surface area contributed by atoms with Crippen molar-refractivity contribution in [3.63, 3.8) is 0 Å². The molecule has 1 unspecified atom stereocenters. The van der Waals surface area contributed by atoms with E-state index < -0.39 is 65.2 Å². The van der Waals surface area contributed by atoms with Crippen molar-refractivity contribution in [2.24, 2.45) is 0 Å². The topological polar surface area (TPSA) is 87.9 Å². The van der Waals surface area contributed by atoms with Gasteiger partial charge < -0.3 is 20.3 Å². The third-order valence-corrected chi connectivity index (χ3v) is 5.12. The Kier molecular flexibility index (Phi) is 7.27. The number of halogens is 7. The summed E-state index contributed by atoms with van der Waals surface area (Å²) in [6.07, 6.45) is -10.3. The Hall–Kier alpha value is -4.09. The van der Waals surface area contributed by atoms with Crippen molar-refractivity contribution in [2.45, 2.75) is 31.5 Å². The van der Waals surface area contributed by atoms with Gasteiger partial charge in [-0.3, -0.25) is 9.78 Å². The van der Waals surface area contributed by atoms with Gasteiger partial charge in [0.1, 0.15) is 6.04 Å². The molecular weight excluding hydrogens is 503 g/mol. The summed E-state index contributed by atoms with van der Waals surface area (Å²) in [7, 11) is 0. The predicted molar refractivity (Wildman–Crippen MR) is 108 cm³/mol. The van der Waals surface area contributed by atoms with Gasteiger partial charge in [-0.15, -0.1) is 13.2 Å². The van der Waals surface area contributed by atoms with Crippen LogP contribution in [-0.4, -0.2) is 47.3 Å². The Morgan fingerprint density at radius 1 is 1.25 bits per heavy atom. The zero-order valence-corrected chi connectivity index (χ0v) is 18.2. The number of hydrogen-bond acceptors (Lipinski definition) is 4. The van der Waals surface area contributed by atoms with E-state index in [9.17, 15) is 40.3 Å². The summed E-state index contributed by atoms with van der Waals surface area (Å²) in [5.74, 6) is -3.21. The standard InChI is InChI=1S/C21H16F7N5O3/c1-10-18(34)30-7-8-33(10)19(35)32-16(11-3-6-15(12(22)9-11)36-21(26,27)28)13-4-5-14(29-2)17(31-13)20(23,24)25/h3-6,9-10,16H,7-8H2,1H3,(H,30,34)(H,32,35)/t10-,16?/m1/s1. The molecule has 2 atom stereocenters. The fourth-order valence-corrected chi connectivity index (χ4v) is 3.42. The maximum absolute atomic E-state index is 14.4. The van der Waals surface area contributed by atoms with Crippen LogP contribution in [0.4, 0.5) is 41.2 Å². The molecule has 3 amide bonds. The molecule has 2 N–H and O–H groups in total. The number of piperazine rings is 1. The highest BCUT2D eigenvalue weighted by Gasteiger charge is 2.38. The Morgan fingerprint density at radius 3 is 2.53 bits per heavy atom. The first-order valence-corrected chi connectivity index (χ1v) is 10.1. The number of alkyl halides is 6. The summed E-state index contributed by atoms with van der Waals surface area (Å²) in [4.78, 5) is 32.1. The first kappa shape index (κ1) is 26.5. The van der Waals surface area contributed by atoms with Gasteiger partial charge >= 0.3 is 18.6 Å². The summed E-state index contributed by atoms with van der Waals surface area (Å²) < 4.78 is 95.9. The van der Waals surface area contributed by atoms with Crippen LogP contribution in [0.15, 0.2) is 30.3 Å². The number of aromatic nitrogens is 1. The third-order valence-electron chi connectivity index (χ3n) is 5.12. The molecule has 1 aliphatic rings. The van der Waals surface area contributed by atoms with E-state index in [1.165, 1.54) is 6.92 Å². The van der Waals surface area contributed by atoms with Crippen LogP contribution in [0.25, 0.3) is 4.85 Å². The summed E-state index contributed by atoms with van der Waals surface area (Å²) >= 11 is 0. The normalized spacial score (nSPS) is 17.1. The average Bonchev–Trinajstić information content (AvgIpc) is 2.78. The number of carbonyl (C=O) groups is 2. The second kappa shape index (κ2) is 9.88. The van der Waals surface area contributed by atoms with Crippen molar-refractivity contribution in [3.8, 4) is 5.75 Å². The summed E-state index contributed by atoms with van der Waals surface area (Å²) in [6, 6.07) is 0.320. The van der Waals surface area contributed by atoms with Gasteiger partial charge in [-0.2, -0.15) is 13.2 Å². The number of amides is 3. The molecule has 0 radical (unpaired) electrons. The maximum Gasteiger partial charge on any atom is 0.573 e. The molecule has 1 aromatic heterocycles. The van der Waals surface area contributed by atoms with Crippen molar-refractivity contribution >= 4 is 17.6 Å². The lowest BCUT2D eigenvalue weighted by atomic mass is 10.0. The molecule has 0 aliphatic carbocycles. The van der Waals surface area contributed by atoms with E-state index in [4.69, 9.17) is 6.57 Å². The Labute approximate surface area is 198 Å². The first-order valence-electron chi connectivity index (χ1n) is 10.1. The van der Waals surface area contributed by atoms with Gasteiger partial charge in [-0.05, 0) is 30.7 Å². The molecule has 0 bridgehead atoms. The molecule has 0 spiro atoms. The quantitative estimate of drug-likeness (QED) is 0.466. The van der Waals surface area contributed by atoms with Crippen LogP contribution in [-0.2, 0) is 11.0 Å². The number of hydrogen-bond donors (Lipinski definition) is 2. The third kappa shape index (κ3) is 5.93. The lowest BCUT2D eigenvalue weighted by Gasteiger charge is -2.34. The van der Waals surface area contributed by atoms with Crippen LogP contribution < -0.4 is 15.4 Å². The number of ether oxygens (including phenoxy) is 1. The number of nitrogens with zero attached hydrogens (tertiary/aromatic N) is 3. The highest BCUT2D eigenvalue weighted by atomic mass is 19.4. The minimum absolute atomic E-state index is 0.0378. The van der Waals surface area contributed by atoms with Crippen LogP contribution >= 0.6 is 0 Å². The van der Waals surface area contributed by atoms with E-state index in [1.54, 1.807) is 0 Å². The van der Waals surface area contributed by atoms with Crippen molar-refractivity contribution in [2.75, 3.05) is 13.1 Å². The van der Waals surface area contributed by atoms with Crippen LogP contribution in [0, 0.1) is 12.4 Å². The molecule has 0 saturated carbocycles. The molecule has 1 fully saturated rings. The van der Waals surface area contributed by atoms with Gasteiger partial charge in [0.15, 0.2) is 17.3 Å². The minimum atomic E-state index is -5.21. The average molecular weight is 519 g/mol. The summed E-state index contributed by atoms with van der Waals surface area (Å²) in [6.45, 7) is 8.46. The van der Waals surface area contributed by atoms with Crippen molar-refractivity contribution in [1.29, 1.82) is 0 Å². The van der Waals surface area contributed by atoms with Crippen molar-refractivity contribution in [1.82, 2.24) is 20.5 Å². The Morgan fingerprint density at radius 2 is 1.94 bits per heavy atom. The van der Waals surface area contributed by atoms with E-state index in [0.29, 0.717) is 12.1 Å². The summed E-state index contributed by atoms with van der Waals surface area (Å²) in [5, 5.41) is 4.87. The lowest BCUT2D eigenvalue weighted by molar-refractivity contribution is -0.275. The molecule has 2 heterocycles. The summed E-state index contributed by atoms with van der Waals surface area (Å²) in [5.41, 5.74) is -3.17. The lowest BCUT2D eigenvalue weighted by Crippen LogP contribution is -2.58. The van der Waals surface area contributed by atoms with Crippen LogP contribution in [0.2, 0.25) is 0 Å². The van der Waals surface area contributed by atoms with E-state index in [0.717, 1.165) is 23.1 Å². The molecule has 15 heteroatoms. The first-order chi connectivity index (χ1) is 16.7. The Bertz CT molecular complexity index is 1210. The van der Waals surface area contributed by atoms with Gasteiger partial charge in [0.05, 0.1) is 18.3 Å². The molecule has 3 rings (SSSR count). The smallest absolute Gasteiger partial charge is 0.403 e. The molecular formula is C21H16F7N5O3. The van der Waals surface area contributed by atoms with Crippen LogP contribution in [0.3, 0.4) is 0 Å². The fraction of sp³-hybridized carbons (Fsp3) is 0.333. The second-order valence-electron chi connectivity index (χ2n) is 7.49. The highest BCUT2D eigenvalue weighted by molar-refractivity contribution is 5.88. The molecule has 1 aliphatic heterocycles. The number of rotatable bonds is 4. The SMILES string of the molecule is [C-]#[N+]c1ccc(C(NC(=O)N2CCNC(=O)[C@H]2C)c2ccc(OC(F)(F)F)c(F)c2)nc1C(F)(F)F. The van der Waals surface area contributed by atoms with Crippen LogP contribution in [0.5, 0.6) is 5.75 Å². The van der Waals surface area contributed by atoms with Gasteiger partial charge in [0.25, 0.3) is 0 Å². The van der Waals surface area contributed by atoms with E-state index in [-0.39, 0.29) is 18.7 Å². The maximum atomic E-state index is 14.4. The number of nitrogens with one attached hydrogen (secondary N) is 2. The number of urea groups is 1. The molecule has 1 saturated heterocycles. The monoisotopic (exact) mass is 519 g/mol. The molecule has 192 valence electrons. The molecule has 1 aromatic carbocycles. The van der Waals surface area contributed by atoms with Crippen LogP contribution in [0.1, 0.15) is 29.9 Å². The largest absolute Gasteiger partial charge is 0.573 e. The Balaban J connectivity index is 2.07. The van der Waals surface area contributed by atoms with Gasteiger partial charge in [-0.1, -0.05) is 12.1 Å². The van der Waals surface area contributed by atoms with Crippen molar-refractivity contribution < 1.29 is 45.1 Å². The van der Waals surface area contributed by atoms with Gasteiger partial charge in [-0.25, -0.2) is 14.0 Å². The van der Waals surface area contributed by atoms with Gasteiger partial charge in [0.2, 0.25) is 11.6 Å². The zero-order chi connectivity index (χ0) is 26.8.